The molecule has 0 saturated heterocycles. The quantitative estimate of drug-likeness (QED) is 0.797. The summed E-state index contributed by atoms with van der Waals surface area (Å²) >= 11 is 0. The molecule has 0 fully saturated rings. The molecular weight excluding hydrogens is 250 g/mol. The maximum Gasteiger partial charge on any atom is 0.323 e. The van der Waals surface area contributed by atoms with Crippen molar-refractivity contribution in [2.45, 2.75) is 6.92 Å². The third-order valence-corrected chi connectivity index (χ3v) is 2.30. The summed E-state index contributed by atoms with van der Waals surface area (Å²) in [6.45, 7) is 1.93. The van der Waals surface area contributed by atoms with Crippen LogP contribution in [0.4, 0.5) is 0 Å². The van der Waals surface area contributed by atoms with Crippen LogP contribution in [0.3, 0.4) is 0 Å². The van der Waals surface area contributed by atoms with Gasteiger partial charge in [-0.05, 0) is 31.2 Å². The Kier molecular flexibility index (Phi) is 5.66. The predicted molar refractivity (Wildman–Crippen MR) is 68.4 cm³/mol. The monoisotopic (exact) mass is 267 g/mol. The Hall–Kier alpha value is -2.24. The SMILES string of the molecule is CCOc1ccc(OCC(=O)N(C)CC(=O)O)cc1. The molecule has 1 aromatic rings. The number of benzene rings is 1. The largest absolute Gasteiger partial charge is 0.494 e. The van der Waals surface area contributed by atoms with E-state index < -0.39 is 11.9 Å². The van der Waals surface area contributed by atoms with Crippen LogP contribution in [0.25, 0.3) is 0 Å². The van der Waals surface area contributed by atoms with Gasteiger partial charge in [0.15, 0.2) is 6.61 Å². The number of likely N-dealkylation sites (N-methyl/N-ethyl adjacent to an activating group) is 1. The van der Waals surface area contributed by atoms with Crippen molar-refractivity contribution in [3.05, 3.63) is 24.3 Å². The molecule has 0 radical (unpaired) electrons. The van der Waals surface area contributed by atoms with E-state index in [9.17, 15) is 9.59 Å². The van der Waals surface area contributed by atoms with Crippen molar-refractivity contribution in [2.75, 3.05) is 26.8 Å². The van der Waals surface area contributed by atoms with Gasteiger partial charge in [-0.1, -0.05) is 0 Å². The van der Waals surface area contributed by atoms with E-state index in [1.54, 1.807) is 24.3 Å². The van der Waals surface area contributed by atoms with Gasteiger partial charge in [-0.3, -0.25) is 9.59 Å². The molecule has 0 bridgehead atoms. The summed E-state index contributed by atoms with van der Waals surface area (Å²) in [4.78, 5) is 23.1. The van der Waals surface area contributed by atoms with Crippen LogP contribution in [0, 0.1) is 0 Å². The summed E-state index contributed by atoms with van der Waals surface area (Å²) in [6.07, 6.45) is 0. The Morgan fingerprint density at radius 3 is 2.16 bits per heavy atom. The number of ether oxygens (including phenoxy) is 2. The van der Waals surface area contributed by atoms with Crippen molar-refractivity contribution in [3.8, 4) is 11.5 Å². The average Bonchev–Trinajstić information content (AvgIpc) is 2.37. The minimum absolute atomic E-state index is 0.197. The third kappa shape index (κ3) is 5.29. The van der Waals surface area contributed by atoms with E-state index >= 15 is 0 Å². The van der Waals surface area contributed by atoms with Crippen molar-refractivity contribution >= 4 is 11.9 Å². The normalized spacial score (nSPS) is 9.79. The van der Waals surface area contributed by atoms with Crippen LogP contribution in [-0.4, -0.2) is 48.7 Å². The summed E-state index contributed by atoms with van der Waals surface area (Å²) in [6, 6.07) is 6.86. The highest BCUT2D eigenvalue weighted by molar-refractivity contribution is 5.82. The molecule has 0 saturated carbocycles. The lowest BCUT2D eigenvalue weighted by Gasteiger charge is -2.15. The molecular formula is C13H17NO5. The van der Waals surface area contributed by atoms with Crippen molar-refractivity contribution < 1.29 is 24.2 Å². The van der Waals surface area contributed by atoms with Crippen LogP contribution < -0.4 is 9.47 Å². The fraction of sp³-hybridized carbons (Fsp3) is 0.385. The van der Waals surface area contributed by atoms with E-state index in [1.165, 1.54) is 7.05 Å². The van der Waals surface area contributed by atoms with Crippen molar-refractivity contribution in [1.29, 1.82) is 0 Å². The van der Waals surface area contributed by atoms with E-state index in [0.29, 0.717) is 12.4 Å². The Balaban J connectivity index is 2.43. The highest BCUT2D eigenvalue weighted by Crippen LogP contribution is 2.17. The zero-order chi connectivity index (χ0) is 14.3. The summed E-state index contributed by atoms with van der Waals surface area (Å²) in [5.41, 5.74) is 0. The Labute approximate surface area is 111 Å². The second kappa shape index (κ2) is 7.25. The summed E-state index contributed by atoms with van der Waals surface area (Å²) in [5.74, 6) is -0.196. The number of hydrogen-bond acceptors (Lipinski definition) is 4. The first kappa shape index (κ1) is 14.8. The maximum atomic E-state index is 11.5. The Morgan fingerprint density at radius 2 is 1.68 bits per heavy atom. The van der Waals surface area contributed by atoms with Gasteiger partial charge in [0, 0.05) is 7.05 Å². The lowest BCUT2D eigenvalue weighted by atomic mass is 10.3. The number of carbonyl (C=O) groups is 2. The van der Waals surface area contributed by atoms with Gasteiger partial charge < -0.3 is 19.5 Å². The van der Waals surface area contributed by atoms with Crippen LogP contribution in [0.15, 0.2) is 24.3 Å². The van der Waals surface area contributed by atoms with Gasteiger partial charge >= 0.3 is 5.97 Å². The molecule has 6 nitrogen and oxygen atoms in total. The minimum atomic E-state index is -1.06. The lowest BCUT2D eigenvalue weighted by Crippen LogP contribution is -2.35. The Bertz CT molecular complexity index is 429. The van der Waals surface area contributed by atoms with Gasteiger partial charge in [0.2, 0.25) is 0 Å². The van der Waals surface area contributed by atoms with Crippen LogP contribution in [0.5, 0.6) is 11.5 Å². The summed E-state index contributed by atoms with van der Waals surface area (Å²) in [7, 11) is 1.41. The van der Waals surface area contributed by atoms with Crippen LogP contribution >= 0.6 is 0 Å². The minimum Gasteiger partial charge on any atom is -0.494 e. The van der Waals surface area contributed by atoms with Crippen LogP contribution in [0.1, 0.15) is 6.92 Å². The fourth-order valence-corrected chi connectivity index (χ4v) is 1.35. The van der Waals surface area contributed by atoms with E-state index in [0.717, 1.165) is 10.6 Å². The van der Waals surface area contributed by atoms with E-state index in [4.69, 9.17) is 14.6 Å². The molecule has 6 heteroatoms. The molecule has 0 aliphatic rings. The molecule has 0 atom stereocenters. The average molecular weight is 267 g/mol. The highest BCUT2D eigenvalue weighted by Gasteiger charge is 2.12. The predicted octanol–water partition coefficient (Wildman–Crippen LogP) is 1.01. The number of rotatable bonds is 7. The first-order chi connectivity index (χ1) is 9.02. The smallest absolute Gasteiger partial charge is 0.323 e. The zero-order valence-electron chi connectivity index (χ0n) is 11.0. The van der Waals surface area contributed by atoms with E-state index in [1.807, 2.05) is 6.92 Å². The van der Waals surface area contributed by atoms with Crippen molar-refractivity contribution in [2.24, 2.45) is 0 Å². The number of carbonyl (C=O) groups excluding carboxylic acids is 1. The summed E-state index contributed by atoms with van der Waals surface area (Å²) in [5, 5.41) is 8.55. The van der Waals surface area contributed by atoms with Crippen molar-refractivity contribution in [3.63, 3.8) is 0 Å². The number of aliphatic carboxylic acids is 1. The zero-order valence-corrected chi connectivity index (χ0v) is 11.0. The van der Waals surface area contributed by atoms with E-state index in [2.05, 4.69) is 0 Å². The Morgan fingerprint density at radius 1 is 1.16 bits per heavy atom. The number of hydrogen-bond donors (Lipinski definition) is 1. The molecule has 0 spiro atoms. The van der Waals surface area contributed by atoms with Gasteiger partial charge in [-0.25, -0.2) is 0 Å². The maximum absolute atomic E-state index is 11.5. The number of carboxylic acid groups (broad SMARTS) is 1. The third-order valence-electron chi connectivity index (χ3n) is 2.30. The lowest BCUT2D eigenvalue weighted by molar-refractivity contribution is -0.144. The first-order valence-corrected chi connectivity index (χ1v) is 5.84. The number of nitrogens with zero attached hydrogens (tertiary/aromatic N) is 1. The van der Waals surface area contributed by atoms with Crippen LogP contribution in [-0.2, 0) is 9.59 Å². The highest BCUT2D eigenvalue weighted by atomic mass is 16.5. The second-order valence-corrected chi connectivity index (χ2v) is 3.84. The first-order valence-electron chi connectivity index (χ1n) is 5.84. The molecule has 1 amide bonds. The van der Waals surface area contributed by atoms with Gasteiger partial charge in [-0.15, -0.1) is 0 Å². The molecule has 0 unspecified atom stereocenters. The molecule has 0 aliphatic carbocycles. The van der Waals surface area contributed by atoms with Gasteiger partial charge in [0.25, 0.3) is 5.91 Å². The van der Waals surface area contributed by atoms with Crippen molar-refractivity contribution in [1.82, 2.24) is 4.90 Å². The molecule has 104 valence electrons. The molecule has 1 rings (SSSR count). The fourth-order valence-electron chi connectivity index (χ4n) is 1.35. The molecule has 0 aliphatic heterocycles. The molecule has 0 heterocycles. The number of carboxylic acids is 1. The van der Waals surface area contributed by atoms with Crippen LogP contribution in [0.2, 0.25) is 0 Å². The van der Waals surface area contributed by atoms with Gasteiger partial charge in [-0.2, -0.15) is 0 Å². The molecule has 0 aromatic heterocycles. The molecule has 19 heavy (non-hydrogen) atoms. The molecule has 1 N–H and O–H groups in total. The second-order valence-electron chi connectivity index (χ2n) is 3.84. The number of amides is 1. The standard InChI is InChI=1S/C13H17NO5/c1-3-18-10-4-6-11(7-5-10)19-9-12(15)14(2)8-13(16)17/h4-7H,3,8-9H2,1-2H3,(H,16,17). The van der Waals surface area contributed by atoms with E-state index in [-0.39, 0.29) is 13.2 Å². The summed E-state index contributed by atoms with van der Waals surface area (Å²) < 4.78 is 10.5. The molecule has 1 aromatic carbocycles. The topological polar surface area (TPSA) is 76.1 Å². The van der Waals surface area contributed by atoms with Gasteiger partial charge in [0.05, 0.1) is 6.61 Å². The van der Waals surface area contributed by atoms with Gasteiger partial charge in [0.1, 0.15) is 18.0 Å².